The van der Waals surface area contributed by atoms with Crippen LogP contribution in [0.4, 0.5) is 0 Å². The van der Waals surface area contributed by atoms with E-state index in [1.165, 1.54) is 76.2 Å². The molecule has 0 aliphatic heterocycles. The van der Waals surface area contributed by atoms with Crippen LogP contribution in [-0.4, -0.2) is 9.13 Å². The van der Waals surface area contributed by atoms with Crippen molar-refractivity contribution in [2.75, 3.05) is 0 Å². The first kappa shape index (κ1) is 24.0. The van der Waals surface area contributed by atoms with Gasteiger partial charge in [0, 0.05) is 37.3 Å². The number of nitrogens with zero attached hydrogens (tertiary/aromatic N) is 2. The van der Waals surface area contributed by atoms with E-state index in [-0.39, 0.29) is 0 Å². The fourth-order valence-electron chi connectivity index (χ4n) is 6.61. The average Bonchev–Trinajstić information content (AvgIpc) is 3.67. The molecule has 4 heteroatoms. The van der Waals surface area contributed by atoms with Gasteiger partial charge in [-0.05, 0) is 81.7 Å². The first-order chi connectivity index (χ1) is 20.8. The average molecular weight is 620 g/mol. The predicted molar refractivity (Wildman–Crippen MR) is 184 cm³/mol. The molecule has 0 N–H and O–H groups in total. The van der Waals surface area contributed by atoms with Crippen LogP contribution in [0.3, 0.4) is 0 Å². The van der Waals surface area contributed by atoms with E-state index in [2.05, 4.69) is 165 Å². The van der Waals surface area contributed by atoms with Crippen LogP contribution in [0.1, 0.15) is 0 Å². The Morgan fingerprint density at radius 3 is 1.60 bits per heavy atom. The Morgan fingerprint density at radius 1 is 0.429 bits per heavy atom. The maximum absolute atomic E-state index is 3.91. The molecular formula is C38H23BrN2S. The summed E-state index contributed by atoms with van der Waals surface area (Å²) >= 11 is 5.70. The molecule has 6 aromatic carbocycles. The Hall–Kier alpha value is -4.64. The summed E-state index contributed by atoms with van der Waals surface area (Å²) in [5.74, 6) is 0. The van der Waals surface area contributed by atoms with Crippen LogP contribution in [0.25, 0.3) is 76.2 Å². The lowest BCUT2D eigenvalue weighted by molar-refractivity contribution is 1.18. The maximum atomic E-state index is 3.91. The predicted octanol–water partition coefficient (Wildman–Crippen LogP) is 11.5. The number of benzene rings is 6. The van der Waals surface area contributed by atoms with E-state index in [0.29, 0.717) is 0 Å². The highest BCUT2D eigenvalue weighted by Crippen LogP contribution is 2.43. The highest BCUT2D eigenvalue weighted by atomic mass is 79.9. The minimum absolute atomic E-state index is 1.15. The van der Waals surface area contributed by atoms with Crippen LogP contribution in [0.5, 0.6) is 0 Å². The van der Waals surface area contributed by atoms with E-state index >= 15 is 0 Å². The summed E-state index contributed by atoms with van der Waals surface area (Å²) in [7, 11) is 0. The second-order valence-corrected chi connectivity index (χ2v) is 13.1. The molecule has 0 bridgehead atoms. The minimum atomic E-state index is 1.15. The van der Waals surface area contributed by atoms with Crippen molar-refractivity contribution in [1.29, 1.82) is 0 Å². The highest BCUT2D eigenvalue weighted by molar-refractivity contribution is 9.11. The topological polar surface area (TPSA) is 9.86 Å². The van der Waals surface area contributed by atoms with Gasteiger partial charge in [-0.3, -0.25) is 0 Å². The quantitative estimate of drug-likeness (QED) is 0.186. The standard InChI is InChI=1S/C38H23BrN2S/c39-38-37(29-14-6-9-17-36(29)42-38)41-33-16-8-5-13-28(33)31-23-25(19-21-35(31)41)24-18-20-34-30(22-24)27-12-4-7-15-32(27)40(34)26-10-2-1-3-11-26/h1-23H. The van der Waals surface area contributed by atoms with Gasteiger partial charge in [0.1, 0.15) is 0 Å². The molecule has 0 atom stereocenters. The molecule has 2 nitrogen and oxygen atoms in total. The Bertz CT molecular complexity index is 2480. The first-order valence-electron chi connectivity index (χ1n) is 14.1. The molecule has 0 amide bonds. The maximum Gasteiger partial charge on any atom is 0.0951 e. The molecule has 9 rings (SSSR count). The number of aromatic nitrogens is 2. The first-order valence-corrected chi connectivity index (χ1v) is 15.7. The molecule has 0 unspecified atom stereocenters. The van der Waals surface area contributed by atoms with Crippen LogP contribution in [0.15, 0.2) is 143 Å². The zero-order chi connectivity index (χ0) is 27.8. The molecule has 0 spiro atoms. The number of halogens is 1. The molecular weight excluding hydrogens is 596 g/mol. The van der Waals surface area contributed by atoms with E-state index in [0.717, 1.165) is 3.79 Å². The minimum Gasteiger partial charge on any atom is -0.309 e. The van der Waals surface area contributed by atoms with Crippen molar-refractivity contribution in [2.45, 2.75) is 0 Å². The zero-order valence-corrected chi connectivity index (χ0v) is 24.9. The van der Waals surface area contributed by atoms with Crippen molar-refractivity contribution in [3.8, 4) is 22.5 Å². The Balaban J connectivity index is 1.28. The summed E-state index contributed by atoms with van der Waals surface area (Å²) < 4.78 is 7.23. The summed E-state index contributed by atoms with van der Waals surface area (Å²) in [4.78, 5) is 0. The molecule has 3 aromatic heterocycles. The van der Waals surface area contributed by atoms with Gasteiger partial charge in [0.05, 0.1) is 31.5 Å². The van der Waals surface area contributed by atoms with Crippen molar-refractivity contribution in [3.05, 3.63) is 143 Å². The van der Waals surface area contributed by atoms with Gasteiger partial charge in [-0.25, -0.2) is 0 Å². The third-order valence-corrected chi connectivity index (χ3v) is 10.3. The summed E-state index contributed by atoms with van der Waals surface area (Å²) in [6, 6.07) is 50.6. The normalized spacial score (nSPS) is 11.9. The number of fused-ring (bicyclic) bond motifs is 7. The number of hydrogen-bond donors (Lipinski definition) is 0. The summed E-state index contributed by atoms with van der Waals surface area (Å²) in [5.41, 5.74) is 9.71. The summed E-state index contributed by atoms with van der Waals surface area (Å²) in [5, 5.41) is 6.32. The molecule has 0 aliphatic rings. The van der Waals surface area contributed by atoms with Gasteiger partial charge in [-0.15, -0.1) is 11.3 Å². The molecule has 42 heavy (non-hydrogen) atoms. The molecule has 0 saturated heterocycles. The zero-order valence-electron chi connectivity index (χ0n) is 22.5. The van der Waals surface area contributed by atoms with Gasteiger partial charge in [0.2, 0.25) is 0 Å². The number of rotatable bonds is 3. The number of para-hydroxylation sites is 3. The SMILES string of the molecule is Brc1sc2ccccc2c1-n1c2ccccc2c2cc(-c3ccc4c(c3)c3ccccc3n4-c3ccccc3)ccc21. The van der Waals surface area contributed by atoms with E-state index in [4.69, 9.17) is 0 Å². The van der Waals surface area contributed by atoms with Gasteiger partial charge in [-0.2, -0.15) is 0 Å². The van der Waals surface area contributed by atoms with Crippen LogP contribution < -0.4 is 0 Å². The lowest BCUT2D eigenvalue weighted by Gasteiger charge is -2.09. The molecule has 9 aromatic rings. The number of hydrogen-bond acceptors (Lipinski definition) is 1. The van der Waals surface area contributed by atoms with Crippen molar-refractivity contribution < 1.29 is 0 Å². The van der Waals surface area contributed by atoms with E-state index in [1.54, 1.807) is 11.3 Å². The second kappa shape index (κ2) is 9.18. The van der Waals surface area contributed by atoms with Crippen LogP contribution in [0, 0.1) is 0 Å². The monoisotopic (exact) mass is 618 g/mol. The summed E-state index contributed by atoms with van der Waals surface area (Å²) in [6.45, 7) is 0. The van der Waals surface area contributed by atoms with Gasteiger partial charge in [0.15, 0.2) is 0 Å². The Morgan fingerprint density at radius 2 is 0.929 bits per heavy atom. The summed E-state index contributed by atoms with van der Waals surface area (Å²) in [6.07, 6.45) is 0. The van der Waals surface area contributed by atoms with Crippen LogP contribution in [0.2, 0.25) is 0 Å². The Kier molecular flexibility index (Phi) is 5.25. The highest BCUT2D eigenvalue weighted by Gasteiger charge is 2.19. The Labute approximate surface area is 254 Å². The van der Waals surface area contributed by atoms with Crippen molar-refractivity contribution in [3.63, 3.8) is 0 Å². The third-order valence-electron chi connectivity index (χ3n) is 8.44. The fraction of sp³-hybridized carbons (Fsp3) is 0. The molecule has 3 heterocycles. The molecule has 0 radical (unpaired) electrons. The number of thiophene rings is 1. The van der Waals surface area contributed by atoms with Crippen molar-refractivity contribution in [2.24, 2.45) is 0 Å². The molecule has 198 valence electrons. The van der Waals surface area contributed by atoms with Gasteiger partial charge in [-0.1, -0.05) is 84.9 Å². The van der Waals surface area contributed by atoms with E-state index in [1.807, 2.05) is 0 Å². The third kappa shape index (κ3) is 3.43. The largest absolute Gasteiger partial charge is 0.309 e. The smallest absolute Gasteiger partial charge is 0.0951 e. The van der Waals surface area contributed by atoms with Crippen molar-refractivity contribution >= 4 is 81.0 Å². The van der Waals surface area contributed by atoms with E-state index < -0.39 is 0 Å². The van der Waals surface area contributed by atoms with Gasteiger partial charge < -0.3 is 9.13 Å². The lowest BCUT2D eigenvalue weighted by Crippen LogP contribution is -1.93. The van der Waals surface area contributed by atoms with Gasteiger partial charge >= 0.3 is 0 Å². The lowest BCUT2D eigenvalue weighted by atomic mass is 10.0. The molecule has 0 saturated carbocycles. The molecule has 0 aliphatic carbocycles. The van der Waals surface area contributed by atoms with Crippen LogP contribution in [-0.2, 0) is 0 Å². The van der Waals surface area contributed by atoms with Crippen molar-refractivity contribution in [1.82, 2.24) is 9.13 Å². The molecule has 0 fully saturated rings. The van der Waals surface area contributed by atoms with Crippen LogP contribution >= 0.6 is 27.3 Å². The fourth-order valence-corrected chi connectivity index (χ4v) is 8.44. The second-order valence-electron chi connectivity index (χ2n) is 10.7. The van der Waals surface area contributed by atoms with E-state index in [9.17, 15) is 0 Å². The van der Waals surface area contributed by atoms with Gasteiger partial charge in [0.25, 0.3) is 0 Å².